The SMILES string of the molecule is C=C(c1ccc(-c2ccc(C[C@H](NC(=O)[C@H]3CC[C@H](CNC(=O)OC(C)(C)C)CC3)C(=O)Nc3ccc(-c4nn[nH]n4)cc3)cc2)c(C)c1)N1CCS(=O)(=O)CC1. The van der Waals surface area contributed by atoms with Gasteiger partial charge in [0.25, 0.3) is 0 Å². The fourth-order valence-electron chi connectivity index (χ4n) is 7.27. The summed E-state index contributed by atoms with van der Waals surface area (Å²) in [6.45, 7) is 13.1. The Kier molecular flexibility index (Phi) is 12.8. The lowest BCUT2D eigenvalue weighted by Gasteiger charge is -2.30. The highest BCUT2D eigenvalue weighted by atomic mass is 32.2. The number of nitrogens with zero attached hydrogens (tertiary/aromatic N) is 4. The van der Waals surface area contributed by atoms with Gasteiger partial charge in [0.1, 0.15) is 11.6 Å². The van der Waals surface area contributed by atoms with E-state index in [9.17, 15) is 22.8 Å². The van der Waals surface area contributed by atoms with Crippen molar-refractivity contribution >= 4 is 39.1 Å². The summed E-state index contributed by atoms with van der Waals surface area (Å²) in [5, 5.41) is 22.9. The molecule has 2 aliphatic rings. The van der Waals surface area contributed by atoms with Gasteiger partial charge in [-0.05, 0) is 123 Å². The number of tetrazole rings is 1. The predicted octanol–water partition coefficient (Wildman–Crippen LogP) is 5.54. The number of carbonyl (C=O) groups excluding carboxylic acids is 3. The van der Waals surface area contributed by atoms with Crippen LogP contribution in [0.2, 0.25) is 0 Å². The minimum Gasteiger partial charge on any atom is -0.444 e. The summed E-state index contributed by atoms with van der Waals surface area (Å²) in [4.78, 5) is 41.7. The fourth-order valence-corrected chi connectivity index (χ4v) is 8.47. The van der Waals surface area contributed by atoms with E-state index >= 15 is 0 Å². The minimum atomic E-state index is -2.99. The van der Waals surface area contributed by atoms with Gasteiger partial charge in [-0.1, -0.05) is 43.0 Å². The van der Waals surface area contributed by atoms with Crippen LogP contribution in [0, 0.1) is 18.8 Å². The van der Waals surface area contributed by atoms with Gasteiger partial charge in [0.05, 0.1) is 11.5 Å². The quantitative estimate of drug-likeness (QED) is 0.142. The lowest BCUT2D eigenvalue weighted by molar-refractivity contribution is -0.130. The molecular weight excluding hydrogens is 745 g/mol. The Bertz CT molecular complexity index is 2140. The molecule has 4 N–H and O–H groups in total. The molecule has 0 radical (unpaired) electrons. The van der Waals surface area contributed by atoms with Crippen molar-refractivity contribution in [2.75, 3.05) is 36.5 Å². The van der Waals surface area contributed by atoms with Gasteiger partial charge in [-0.25, -0.2) is 13.2 Å². The normalized spacial score (nSPS) is 18.6. The summed E-state index contributed by atoms with van der Waals surface area (Å²) in [6, 6.07) is 20.4. The molecule has 6 rings (SSSR count). The van der Waals surface area contributed by atoms with E-state index in [1.54, 1.807) is 24.3 Å². The number of hydrogen-bond acceptors (Lipinski definition) is 10. The van der Waals surface area contributed by atoms with Crippen molar-refractivity contribution in [3.63, 3.8) is 0 Å². The summed E-state index contributed by atoms with van der Waals surface area (Å²) >= 11 is 0. The summed E-state index contributed by atoms with van der Waals surface area (Å²) < 4.78 is 29.2. The maximum Gasteiger partial charge on any atom is 0.407 e. The third-order valence-corrected chi connectivity index (χ3v) is 12.1. The Labute approximate surface area is 334 Å². The first-order chi connectivity index (χ1) is 27.1. The van der Waals surface area contributed by atoms with Crippen LogP contribution < -0.4 is 16.0 Å². The van der Waals surface area contributed by atoms with Crippen LogP contribution in [-0.2, 0) is 30.6 Å². The molecule has 302 valence electrons. The second kappa shape index (κ2) is 17.7. The summed E-state index contributed by atoms with van der Waals surface area (Å²) in [5.41, 5.74) is 6.47. The first-order valence-corrected chi connectivity index (χ1v) is 21.2. The van der Waals surface area contributed by atoms with Crippen LogP contribution in [0.4, 0.5) is 10.5 Å². The van der Waals surface area contributed by atoms with Crippen molar-refractivity contribution in [3.05, 3.63) is 90.0 Å². The Balaban J connectivity index is 1.11. The van der Waals surface area contributed by atoms with Crippen LogP contribution in [-0.4, -0.2) is 94.6 Å². The zero-order valence-electron chi connectivity index (χ0n) is 33.0. The average Bonchev–Trinajstić information content (AvgIpc) is 3.72. The molecule has 2 fully saturated rings. The van der Waals surface area contributed by atoms with Gasteiger partial charge >= 0.3 is 6.09 Å². The monoisotopic (exact) mass is 796 g/mol. The van der Waals surface area contributed by atoms with Gasteiger partial charge in [0.2, 0.25) is 17.6 Å². The van der Waals surface area contributed by atoms with Gasteiger partial charge in [-0.3, -0.25) is 9.59 Å². The van der Waals surface area contributed by atoms with Crippen LogP contribution in [0.3, 0.4) is 0 Å². The predicted molar refractivity (Wildman–Crippen MR) is 219 cm³/mol. The second-order valence-electron chi connectivity index (χ2n) is 16.0. The van der Waals surface area contributed by atoms with Crippen molar-refractivity contribution in [1.82, 2.24) is 36.2 Å². The molecule has 14 nitrogen and oxygen atoms in total. The lowest BCUT2D eigenvalue weighted by atomic mass is 9.81. The molecule has 1 saturated carbocycles. The standard InChI is InChI=1S/C42H52N8O6S/c1-27-24-34(28(2)50-20-22-57(54,55)23-21-50)16-19-36(27)31-10-6-29(7-11-31)25-37(40(52)44-35-17-14-32(15-18-35)38-46-48-49-47-38)45-39(51)33-12-8-30(9-13-33)26-43-41(53)56-42(3,4)5/h6-7,10-11,14-19,24,30,33,37H,2,8-9,12-13,20-23,25-26H2,1,3-5H3,(H,43,53)(H,44,52)(H,45,51)(H,46,47,48,49)/t30-,33-,37-/m0/s1. The molecule has 1 aliphatic heterocycles. The summed E-state index contributed by atoms with van der Waals surface area (Å²) in [5.74, 6) is 0.188. The number of rotatable bonds is 12. The van der Waals surface area contributed by atoms with Crippen molar-refractivity contribution in [2.45, 2.75) is 71.4 Å². The molecule has 2 heterocycles. The Hall–Kier alpha value is -5.57. The summed E-state index contributed by atoms with van der Waals surface area (Å²) in [6.07, 6.45) is 2.68. The number of anilines is 1. The fraction of sp³-hybridized carbons (Fsp3) is 0.429. The molecule has 57 heavy (non-hydrogen) atoms. The number of carbonyl (C=O) groups is 3. The van der Waals surface area contributed by atoms with Crippen LogP contribution in [0.15, 0.2) is 73.3 Å². The lowest BCUT2D eigenvalue weighted by Crippen LogP contribution is -2.48. The number of aromatic amines is 1. The number of hydrogen-bond donors (Lipinski definition) is 4. The minimum absolute atomic E-state index is 0.134. The topological polar surface area (TPSA) is 188 Å². The Morgan fingerprint density at radius 3 is 2.23 bits per heavy atom. The Morgan fingerprint density at radius 1 is 0.947 bits per heavy atom. The van der Waals surface area contributed by atoms with E-state index in [0.29, 0.717) is 44.0 Å². The third-order valence-electron chi connectivity index (χ3n) is 10.5. The van der Waals surface area contributed by atoms with Crippen LogP contribution in [0.5, 0.6) is 0 Å². The van der Waals surface area contributed by atoms with E-state index in [1.165, 1.54) is 0 Å². The highest BCUT2D eigenvalue weighted by Crippen LogP contribution is 2.31. The first kappa shape index (κ1) is 41.1. The van der Waals surface area contributed by atoms with Crippen LogP contribution in [0.1, 0.15) is 63.1 Å². The third kappa shape index (κ3) is 11.3. The number of aryl methyl sites for hydroxylation is 1. The molecular formula is C42H52N8O6S. The van der Waals surface area contributed by atoms with E-state index in [4.69, 9.17) is 4.74 Å². The zero-order valence-corrected chi connectivity index (χ0v) is 33.8. The Morgan fingerprint density at radius 2 is 1.61 bits per heavy atom. The van der Waals surface area contributed by atoms with Crippen LogP contribution >= 0.6 is 0 Å². The molecule has 1 saturated heterocycles. The summed E-state index contributed by atoms with van der Waals surface area (Å²) in [7, 11) is -2.99. The van der Waals surface area contributed by atoms with Crippen molar-refractivity contribution in [3.8, 4) is 22.5 Å². The number of amides is 3. The maximum atomic E-state index is 13.9. The van der Waals surface area contributed by atoms with Crippen molar-refractivity contribution in [1.29, 1.82) is 0 Å². The van der Waals surface area contributed by atoms with Crippen molar-refractivity contribution in [2.24, 2.45) is 11.8 Å². The van der Waals surface area contributed by atoms with E-state index in [-0.39, 0.29) is 41.6 Å². The van der Waals surface area contributed by atoms with Gasteiger partial charge in [-0.2, -0.15) is 5.21 Å². The zero-order chi connectivity index (χ0) is 40.7. The van der Waals surface area contributed by atoms with Crippen LogP contribution in [0.25, 0.3) is 28.2 Å². The molecule has 0 bridgehead atoms. The molecule has 4 aromatic rings. The van der Waals surface area contributed by atoms with Gasteiger partial charge in [0, 0.05) is 48.9 Å². The average molecular weight is 797 g/mol. The molecule has 3 amide bonds. The largest absolute Gasteiger partial charge is 0.444 e. The molecule has 3 aromatic carbocycles. The van der Waals surface area contributed by atoms with Gasteiger partial charge in [0.15, 0.2) is 9.84 Å². The number of H-pyrrole nitrogens is 1. The van der Waals surface area contributed by atoms with E-state index in [0.717, 1.165) is 51.9 Å². The van der Waals surface area contributed by atoms with E-state index in [1.807, 2.05) is 69.0 Å². The highest BCUT2D eigenvalue weighted by molar-refractivity contribution is 7.91. The highest BCUT2D eigenvalue weighted by Gasteiger charge is 2.30. The van der Waals surface area contributed by atoms with E-state index in [2.05, 4.69) is 49.2 Å². The molecule has 15 heteroatoms. The van der Waals surface area contributed by atoms with Gasteiger partial charge < -0.3 is 25.6 Å². The molecule has 1 aliphatic carbocycles. The molecule has 0 spiro atoms. The number of aromatic nitrogens is 4. The van der Waals surface area contributed by atoms with E-state index < -0.39 is 27.6 Å². The van der Waals surface area contributed by atoms with Crippen molar-refractivity contribution < 1.29 is 27.5 Å². The number of sulfone groups is 1. The molecule has 1 atom stereocenters. The number of nitrogens with one attached hydrogen (secondary N) is 4. The smallest absolute Gasteiger partial charge is 0.407 e. The number of ether oxygens (including phenoxy) is 1. The maximum absolute atomic E-state index is 13.9. The number of benzene rings is 3. The van der Waals surface area contributed by atoms with Gasteiger partial charge in [-0.15, -0.1) is 10.2 Å². The number of alkyl carbamates (subject to hydrolysis) is 1. The second-order valence-corrected chi connectivity index (χ2v) is 18.3. The first-order valence-electron chi connectivity index (χ1n) is 19.4. The molecule has 1 aromatic heterocycles. The molecule has 0 unspecified atom stereocenters.